The van der Waals surface area contributed by atoms with E-state index in [2.05, 4.69) is 24.1 Å². The molecule has 2 N–H and O–H groups in total. The molecule has 0 aliphatic rings. The van der Waals surface area contributed by atoms with Crippen LogP contribution in [0, 0.1) is 6.92 Å². The van der Waals surface area contributed by atoms with E-state index < -0.39 is 6.10 Å². The zero-order chi connectivity index (χ0) is 18.2. The van der Waals surface area contributed by atoms with Crippen molar-refractivity contribution in [1.29, 1.82) is 0 Å². The van der Waals surface area contributed by atoms with E-state index >= 15 is 0 Å². The van der Waals surface area contributed by atoms with E-state index in [-0.39, 0.29) is 6.61 Å². The number of hydrogen-bond donors (Lipinski definition) is 2. The summed E-state index contributed by atoms with van der Waals surface area (Å²) in [6.07, 6.45) is 5.96. The van der Waals surface area contributed by atoms with Crippen LogP contribution < -0.4 is 10.1 Å². The van der Waals surface area contributed by atoms with Crippen molar-refractivity contribution in [3.05, 3.63) is 47.0 Å². The van der Waals surface area contributed by atoms with E-state index in [1.165, 1.54) is 0 Å². The van der Waals surface area contributed by atoms with Crippen molar-refractivity contribution in [2.24, 2.45) is 0 Å². The summed E-state index contributed by atoms with van der Waals surface area (Å²) in [6, 6.07) is 3.90. The molecule has 2 aromatic rings. The molecule has 1 aromatic heterocycles. The number of rotatable bonds is 10. The molecule has 6 heteroatoms. The van der Waals surface area contributed by atoms with Crippen LogP contribution in [-0.2, 0) is 6.54 Å². The second-order valence-corrected chi connectivity index (χ2v) is 7.02. The van der Waals surface area contributed by atoms with Crippen LogP contribution in [0.4, 0.5) is 0 Å². The first-order chi connectivity index (χ1) is 12.0. The van der Waals surface area contributed by atoms with E-state index in [1.807, 2.05) is 36.1 Å². The highest BCUT2D eigenvalue weighted by atomic mass is 35.5. The van der Waals surface area contributed by atoms with Gasteiger partial charge in [0.2, 0.25) is 0 Å². The maximum absolute atomic E-state index is 10.1. The fourth-order valence-corrected chi connectivity index (χ4v) is 2.74. The van der Waals surface area contributed by atoms with Crippen LogP contribution in [0.2, 0.25) is 5.02 Å². The Morgan fingerprint density at radius 1 is 1.36 bits per heavy atom. The average Bonchev–Trinajstić information content (AvgIpc) is 3.08. The average molecular weight is 366 g/mol. The minimum Gasteiger partial charge on any atom is -0.491 e. The lowest BCUT2D eigenvalue weighted by molar-refractivity contribution is 0.106. The molecule has 1 heterocycles. The van der Waals surface area contributed by atoms with Crippen molar-refractivity contribution in [2.45, 2.75) is 45.8 Å². The Kier molecular flexibility index (Phi) is 7.75. The molecule has 5 nitrogen and oxygen atoms in total. The number of nitrogens with zero attached hydrogens (tertiary/aromatic N) is 2. The molecule has 1 atom stereocenters. The van der Waals surface area contributed by atoms with Crippen LogP contribution in [0.25, 0.3) is 0 Å². The van der Waals surface area contributed by atoms with Gasteiger partial charge in [-0.05, 0) is 49.1 Å². The van der Waals surface area contributed by atoms with Crippen LogP contribution >= 0.6 is 11.6 Å². The smallest absolute Gasteiger partial charge is 0.123 e. The summed E-state index contributed by atoms with van der Waals surface area (Å²) in [5.74, 6) is 1.11. The molecular formula is C19H28ClN3O2. The molecular weight excluding hydrogens is 338 g/mol. The number of halogens is 1. The monoisotopic (exact) mass is 365 g/mol. The maximum atomic E-state index is 10.1. The van der Waals surface area contributed by atoms with Crippen molar-refractivity contribution in [2.75, 3.05) is 19.7 Å². The Bertz CT molecular complexity index is 644. The second-order valence-electron chi connectivity index (χ2n) is 6.62. The zero-order valence-electron chi connectivity index (χ0n) is 15.2. The number of aliphatic hydroxyl groups is 1. The summed E-state index contributed by atoms with van der Waals surface area (Å²) < 4.78 is 7.89. The number of imidazole rings is 1. The van der Waals surface area contributed by atoms with Gasteiger partial charge in [-0.2, -0.15) is 0 Å². The molecule has 1 aromatic carbocycles. The number of benzene rings is 1. The van der Waals surface area contributed by atoms with E-state index in [1.54, 1.807) is 6.20 Å². The van der Waals surface area contributed by atoms with Gasteiger partial charge in [-0.25, -0.2) is 4.98 Å². The lowest BCUT2D eigenvalue weighted by Crippen LogP contribution is -2.32. The maximum Gasteiger partial charge on any atom is 0.123 e. The van der Waals surface area contributed by atoms with E-state index in [4.69, 9.17) is 16.3 Å². The zero-order valence-corrected chi connectivity index (χ0v) is 16.0. The van der Waals surface area contributed by atoms with E-state index in [0.717, 1.165) is 41.4 Å². The van der Waals surface area contributed by atoms with Gasteiger partial charge < -0.3 is 19.7 Å². The molecule has 0 radical (unpaired) electrons. The van der Waals surface area contributed by atoms with Crippen LogP contribution in [0.15, 0.2) is 30.9 Å². The SMILES string of the molecule is Cc1cc(OC[C@H](O)CNCCCn2ccnc2)c(C(C)C)cc1Cl. The fraction of sp³-hybridized carbons (Fsp3) is 0.526. The Labute approximate surface area is 155 Å². The number of aliphatic hydroxyl groups excluding tert-OH is 1. The number of nitrogens with one attached hydrogen (secondary N) is 1. The topological polar surface area (TPSA) is 59.3 Å². The van der Waals surface area contributed by atoms with Gasteiger partial charge in [-0.1, -0.05) is 25.4 Å². The van der Waals surface area contributed by atoms with Crippen molar-refractivity contribution in [3.8, 4) is 5.75 Å². The highest BCUT2D eigenvalue weighted by Gasteiger charge is 2.13. The molecule has 0 unspecified atom stereocenters. The molecule has 0 spiro atoms. The normalized spacial score (nSPS) is 12.6. The van der Waals surface area contributed by atoms with Crippen molar-refractivity contribution < 1.29 is 9.84 Å². The summed E-state index contributed by atoms with van der Waals surface area (Å²) in [5, 5.41) is 14.1. The molecule has 0 saturated carbocycles. The lowest BCUT2D eigenvalue weighted by Gasteiger charge is -2.18. The summed E-state index contributed by atoms with van der Waals surface area (Å²) in [5.41, 5.74) is 2.05. The molecule has 0 saturated heterocycles. The predicted octanol–water partition coefficient (Wildman–Crippen LogP) is 3.39. The number of aryl methyl sites for hydroxylation is 2. The fourth-order valence-electron chi connectivity index (χ4n) is 2.57. The van der Waals surface area contributed by atoms with E-state index in [0.29, 0.717) is 12.5 Å². The summed E-state index contributed by atoms with van der Waals surface area (Å²) in [4.78, 5) is 4.01. The third kappa shape index (κ3) is 6.34. The molecule has 0 aliphatic carbocycles. The van der Waals surface area contributed by atoms with Crippen LogP contribution in [0.3, 0.4) is 0 Å². The first-order valence-electron chi connectivity index (χ1n) is 8.74. The summed E-state index contributed by atoms with van der Waals surface area (Å²) in [6.45, 7) is 8.69. The standard InChI is InChI=1S/C19H28ClN3O2/c1-14(2)17-10-18(20)15(3)9-19(17)25-12-16(24)11-21-5-4-7-23-8-6-22-13-23/h6,8-10,13-14,16,21,24H,4-5,7,11-12H2,1-3H3/t16-/m1/s1. The van der Waals surface area contributed by atoms with Gasteiger partial charge in [0, 0.05) is 30.5 Å². The first-order valence-corrected chi connectivity index (χ1v) is 9.12. The number of hydrogen-bond acceptors (Lipinski definition) is 4. The molecule has 0 aliphatic heterocycles. The Morgan fingerprint density at radius 3 is 2.84 bits per heavy atom. The van der Waals surface area contributed by atoms with Gasteiger partial charge in [0.15, 0.2) is 0 Å². The van der Waals surface area contributed by atoms with Crippen molar-refractivity contribution in [3.63, 3.8) is 0 Å². The molecule has 0 fully saturated rings. The van der Waals surface area contributed by atoms with Gasteiger partial charge in [0.05, 0.1) is 6.33 Å². The minimum absolute atomic E-state index is 0.259. The lowest BCUT2D eigenvalue weighted by atomic mass is 10.0. The number of aromatic nitrogens is 2. The van der Waals surface area contributed by atoms with Gasteiger partial charge >= 0.3 is 0 Å². The molecule has 2 rings (SSSR count). The van der Waals surface area contributed by atoms with Crippen molar-refractivity contribution >= 4 is 11.6 Å². The molecule has 25 heavy (non-hydrogen) atoms. The summed E-state index contributed by atoms with van der Waals surface area (Å²) >= 11 is 6.21. The first kappa shape index (κ1) is 19.8. The second kappa shape index (κ2) is 9.80. The number of ether oxygens (including phenoxy) is 1. The van der Waals surface area contributed by atoms with Gasteiger partial charge in [-0.3, -0.25) is 0 Å². The third-order valence-corrected chi connectivity index (χ3v) is 4.46. The van der Waals surface area contributed by atoms with E-state index in [9.17, 15) is 5.11 Å². The highest BCUT2D eigenvalue weighted by molar-refractivity contribution is 6.31. The van der Waals surface area contributed by atoms with Crippen molar-refractivity contribution in [1.82, 2.24) is 14.9 Å². The van der Waals surface area contributed by atoms with Crippen LogP contribution in [0.1, 0.15) is 37.3 Å². The molecule has 0 amide bonds. The summed E-state index contributed by atoms with van der Waals surface area (Å²) in [7, 11) is 0. The van der Waals surface area contributed by atoms with Crippen LogP contribution in [-0.4, -0.2) is 40.5 Å². The third-order valence-electron chi connectivity index (χ3n) is 4.05. The Hall–Kier alpha value is -1.56. The van der Waals surface area contributed by atoms with Gasteiger partial charge in [-0.15, -0.1) is 0 Å². The molecule has 138 valence electrons. The Morgan fingerprint density at radius 2 is 2.16 bits per heavy atom. The van der Waals surface area contributed by atoms with Gasteiger partial charge in [0.25, 0.3) is 0 Å². The van der Waals surface area contributed by atoms with Crippen LogP contribution in [0.5, 0.6) is 5.75 Å². The molecule has 0 bridgehead atoms. The predicted molar refractivity (Wildman–Crippen MR) is 101 cm³/mol. The van der Waals surface area contributed by atoms with Gasteiger partial charge in [0.1, 0.15) is 18.5 Å². The minimum atomic E-state index is -0.552. The highest BCUT2D eigenvalue weighted by Crippen LogP contribution is 2.32. The largest absolute Gasteiger partial charge is 0.491 e. The quantitative estimate of drug-likeness (QED) is 0.633. The Balaban J connectivity index is 1.72.